The standard InChI is InChI=1S/C21H25F3N2O4/c1-13-18(27)9-19(25-10-16(29-3)11-28-2)26-7-6-14-8-15(30-12-21(22,23)24)4-5-17(14)20(13)26/h4-5,8-9,16,25H,6-7,10-12H2,1-3H3/t16-/m1/s1. The summed E-state index contributed by atoms with van der Waals surface area (Å²) in [5, 5.41) is 3.26. The van der Waals surface area contributed by atoms with Crippen molar-refractivity contribution in [3.8, 4) is 17.0 Å². The van der Waals surface area contributed by atoms with Crippen molar-refractivity contribution in [1.29, 1.82) is 0 Å². The van der Waals surface area contributed by atoms with Crippen LogP contribution in [0.2, 0.25) is 0 Å². The number of halogens is 3. The molecule has 1 aliphatic heterocycles. The second-order valence-corrected chi connectivity index (χ2v) is 7.19. The molecule has 1 aromatic heterocycles. The van der Waals surface area contributed by atoms with Gasteiger partial charge in [0.25, 0.3) is 0 Å². The van der Waals surface area contributed by atoms with Crippen LogP contribution in [-0.2, 0) is 22.4 Å². The molecule has 30 heavy (non-hydrogen) atoms. The van der Waals surface area contributed by atoms with Gasteiger partial charge in [-0.15, -0.1) is 0 Å². The molecular weight excluding hydrogens is 401 g/mol. The summed E-state index contributed by atoms with van der Waals surface area (Å²) >= 11 is 0. The minimum atomic E-state index is -4.39. The molecule has 0 fully saturated rings. The molecule has 0 radical (unpaired) electrons. The van der Waals surface area contributed by atoms with Gasteiger partial charge in [0.15, 0.2) is 12.0 Å². The van der Waals surface area contributed by atoms with Gasteiger partial charge in [0.05, 0.1) is 18.4 Å². The van der Waals surface area contributed by atoms with Crippen LogP contribution in [0.25, 0.3) is 11.3 Å². The van der Waals surface area contributed by atoms with E-state index in [1.807, 2.05) is 4.57 Å². The maximum Gasteiger partial charge on any atom is 0.422 e. The van der Waals surface area contributed by atoms with Crippen LogP contribution >= 0.6 is 0 Å². The maximum absolute atomic E-state index is 12.6. The Morgan fingerprint density at radius 2 is 2.00 bits per heavy atom. The van der Waals surface area contributed by atoms with Gasteiger partial charge in [-0.1, -0.05) is 0 Å². The second-order valence-electron chi connectivity index (χ2n) is 7.19. The fraction of sp³-hybridized carbons (Fsp3) is 0.476. The molecule has 1 aliphatic rings. The topological polar surface area (TPSA) is 61.7 Å². The zero-order valence-corrected chi connectivity index (χ0v) is 17.1. The number of benzene rings is 1. The minimum Gasteiger partial charge on any atom is -0.484 e. The SMILES string of the molecule is COC[C@@H](CNc1cc(=O)c(C)c2n1CCc1cc(OCC(F)(F)F)ccc1-2)OC. The average molecular weight is 426 g/mol. The number of aryl methyl sites for hydroxylation is 1. The maximum atomic E-state index is 12.6. The van der Waals surface area contributed by atoms with Crippen LogP contribution in [-0.4, -0.2) is 50.8 Å². The van der Waals surface area contributed by atoms with Gasteiger partial charge in [-0.2, -0.15) is 13.2 Å². The summed E-state index contributed by atoms with van der Waals surface area (Å²) in [7, 11) is 3.19. The molecule has 3 rings (SSSR count). The van der Waals surface area contributed by atoms with E-state index < -0.39 is 12.8 Å². The Bertz CT molecular complexity index is 956. The van der Waals surface area contributed by atoms with E-state index in [1.54, 1.807) is 39.3 Å². The van der Waals surface area contributed by atoms with Crippen molar-refractivity contribution in [3.63, 3.8) is 0 Å². The van der Waals surface area contributed by atoms with E-state index in [4.69, 9.17) is 14.2 Å². The number of hydrogen-bond donors (Lipinski definition) is 1. The van der Waals surface area contributed by atoms with Crippen LogP contribution in [0, 0.1) is 6.92 Å². The van der Waals surface area contributed by atoms with Gasteiger partial charge in [0.2, 0.25) is 0 Å². The fourth-order valence-electron chi connectivity index (χ4n) is 3.59. The van der Waals surface area contributed by atoms with Gasteiger partial charge in [-0.05, 0) is 37.1 Å². The van der Waals surface area contributed by atoms with Crippen molar-refractivity contribution in [2.24, 2.45) is 0 Å². The first-order valence-corrected chi connectivity index (χ1v) is 9.56. The largest absolute Gasteiger partial charge is 0.484 e. The van der Waals surface area contributed by atoms with E-state index in [2.05, 4.69) is 5.32 Å². The third kappa shape index (κ3) is 4.96. The molecule has 9 heteroatoms. The Kier molecular flexibility index (Phi) is 6.72. The number of rotatable bonds is 8. The van der Waals surface area contributed by atoms with Gasteiger partial charge in [-0.3, -0.25) is 4.79 Å². The van der Waals surface area contributed by atoms with E-state index in [9.17, 15) is 18.0 Å². The van der Waals surface area contributed by atoms with Gasteiger partial charge in [0, 0.05) is 44.5 Å². The Morgan fingerprint density at radius 3 is 2.67 bits per heavy atom. The van der Waals surface area contributed by atoms with Crippen LogP contribution < -0.4 is 15.5 Å². The van der Waals surface area contributed by atoms with Gasteiger partial charge in [-0.25, -0.2) is 0 Å². The van der Waals surface area contributed by atoms with Crippen LogP contribution in [0.5, 0.6) is 5.75 Å². The number of ether oxygens (including phenoxy) is 3. The quantitative estimate of drug-likeness (QED) is 0.701. The third-order valence-corrected chi connectivity index (χ3v) is 5.09. The lowest BCUT2D eigenvalue weighted by Gasteiger charge is -2.28. The predicted molar refractivity (Wildman–Crippen MR) is 107 cm³/mol. The van der Waals surface area contributed by atoms with Crippen molar-refractivity contribution < 1.29 is 27.4 Å². The molecule has 1 atom stereocenters. The lowest BCUT2D eigenvalue weighted by atomic mass is 9.94. The molecule has 0 bridgehead atoms. The summed E-state index contributed by atoms with van der Waals surface area (Å²) in [5.41, 5.74) is 2.90. The molecule has 2 aromatic rings. The number of aromatic nitrogens is 1. The van der Waals surface area contributed by atoms with E-state index in [1.165, 1.54) is 6.07 Å². The summed E-state index contributed by atoms with van der Waals surface area (Å²) in [5.74, 6) is 0.832. The Balaban J connectivity index is 1.92. The number of alkyl halides is 3. The monoisotopic (exact) mass is 426 g/mol. The van der Waals surface area contributed by atoms with E-state index in [0.717, 1.165) is 16.8 Å². The van der Waals surface area contributed by atoms with E-state index in [0.29, 0.717) is 37.5 Å². The van der Waals surface area contributed by atoms with E-state index in [-0.39, 0.29) is 17.3 Å². The normalized spacial score (nSPS) is 14.1. The Hall–Kier alpha value is -2.52. The van der Waals surface area contributed by atoms with Crippen molar-refractivity contribution in [2.75, 3.05) is 39.3 Å². The Labute approximate surface area is 172 Å². The van der Waals surface area contributed by atoms with Crippen molar-refractivity contribution in [2.45, 2.75) is 32.2 Å². The van der Waals surface area contributed by atoms with Crippen LogP contribution in [0.4, 0.5) is 19.0 Å². The summed E-state index contributed by atoms with van der Waals surface area (Å²) in [6.45, 7) is 1.87. The lowest BCUT2D eigenvalue weighted by molar-refractivity contribution is -0.153. The molecule has 1 aromatic carbocycles. The van der Waals surface area contributed by atoms with Crippen molar-refractivity contribution in [3.05, 3.63) is 45.6 Å². The number of nitrogens with one attached hydrogen (secondary N) is 1. The molecule has 0 spiro atoms. The summed E-state index contributed by atoms with van der Waals surface area (Å²) in [6, 6.07) is 6.40. The highest BCUT2D eigenvalue weighted by atomic mass is 19.4. The highest BCUT2D eigenvalue weighted by molar-refractivity contribution is 5.72. The molecule has 6 nitrogen and oxygen atoms in total. The molecule has 0 saturated carbocycles. The molecular formula is C21H25F3N2O4. The molecule has 164 valence electrons. The number of pyridine rings is 1. The Morgan fingerprint density at radius 1 is 1.23 bits per heavy atom. The van der Waals surface area contributed by atoms with Gasteiger partial charge >= 0.3 is 6.18 Å². The molecule has 2 heterocycles. The van der Waals surface area contributed by atoms with Crippen LogP contribution in [0.15, 0.2) is 29.1 Å². The zero-order valence-electron chi connectivity index (χ0n) is 17.1. The molecule has 0 amide bonds. The number of fused-ring (bicyclic) bond motifs is 3. The van der Waals surface area contributed by atoms with Gasteiger partial charge in [0.1, 0.15) is 11.6 Å². The number of hydrogen-bond acceptors (Lipinski definition) is 5. The molecule has 0 unspecified atom stereocenters. The minimum absolute atomic E-state index is 0.116. The fourth-order valence-corrected chi connectivity index (χ4v) is 3.59. The lowest BCUT2D eigenvalue weighted by Crippen LogP contribution is -2.30. The number of nitrogens with zero attached hydrogens (tertiary/aromatic N) is 1. The summed E-state index contributed by atoms with van der Waals surface area (Å²) < 4.78 is 54.7. The first-order chi connectivity index (χ1) is 14.2. The summed E-state index contributed by atoms with van der Waals surface area (Å²) in [4.78, 5) is 12.6. The second kappa shape index (κ2) is 9.09. The van der Waals surface area contributed by atoms with Crippen molar-refractivity contribution in [1.82, 2.24) is 4.57 Å². The highest BCUT2D eigenvalue weighted by Crippen LogP contribution is 2.35. The highest BCUT2D eigenvalue weighted by Gasteiger charge is 2.29. The van der Waals surface area contributed by atoms with E-state index >= 15 is 0 Å². The first kappa shape index (κ1) is 22.2. The number of methoxy groups -OCH3 is 2. The van der Waals surface area contributed by atoms with Crippen molar-refractivity contribution >= 4 is 5.82 Å². The van der Waals surface area contributed by atoms with Crippen LogP contribution in [0.3, 0.4) is 0 Å². The zero-order chi connectivity index (χ0) is 21.9. The average Bonchev–Trinajstić information content (AvgIpc) is 2.71. The first-order valence-electron chi connectivity index (χ1n) is 9.56. The molecule has 0 saturated heterocycles. The molecule has 0 aliphatic carbocycles. The summed E-state index contributed by atoms with van der Waals surface area (Å²) in [6.07, 6.45) is -3.96. The van der Waals surface area contributed by atoms with Crippen LogP contribution in [0.1, 0.15) is 11.1 Å². The third-order valence-electron chi connectivity index (χ3n) is 5.09. The van der Waals surface area contributed by atoms with Gasteiger partial charge < -0.3 is 24.1 Å². The molecule has 1 N–H and O–H groups in total. The smallest absolute Gasteiger partial charge is 0.422 e. The predicted octanol–water partition coefficient (Wildman–Crippen LogP) is 3.39. The number of anilines is 1.